The summed E-state index contributed by atoms with van der Waals surface area (Å²) >= 11 is 0. The van der Waals surface area contributed by atoms with Gasteiger partial charge in [0.15, 0.2) is 0 Å². The number of benzene rings is 1. The second kappa shape index (κ2) is 10.6. The number of carbonyl (C=O) groups excluding carboxylic acids is 1. The molecule has 1 saturated carbocycles. The quantitative estimate of drug-likeness (QED) is 0.634. The number of piperidine rings is 1. The van der Waals surface area contributed by atoms with E-state index in [-0.39, 0.29) is 29.1 Å². The standard InChI is InChI=1S/C23H36N2O3.ClH/c1-18(2)15-28-20-7-5-19(6-8-20)23(9-4-10-23)21(26)25-16-22(17-27-3)11-13-24-14-12-22;/h5-8,18,24H,4,9-17H2,1-3H3,(H,25,26);1H. The lowest BCUT2D eigenvalue weighted by Gasteiger charge is -2.43. The minimum atomic E-state index is -0.377. The average Bonchev–Trinajstić information content (AvgIpc) is 2.66. The number of methoxy groups -OCH3 is 1. The minimum Gasteiger partial charge on any atom is -0.493 e. The smallest absolute Gasteiger partial charge is 0.230 e. The Bertz CT molecular complexity index is 633. The Morgan fingerprint density at radius 1 is 1.14 bits per heavy atom. The van der Waals surface area contributed by atoms with Crippen LogP contribution in [0.3, 0.4) is 0 Å². The van der Waals surface area contributed by atoms with Gasteiger partial charge >= 0.3 is 0 Å². The summed E-state index contributed by atoms with van der Waals surface area (Å²) in [6.07, 6.45) is 5.02. The van der Waals surface area contributed by atoms with Crippen LogP contribution in [0.15, 0.2) is 24.3 Å². The first kappa shape index (κ1) is 24.0. The van der Waals surface area contributed by atoms with Crippen molar-refractivity contribution in [2.75, 3.05) is 40.0 Å². The van der Waals surface area contributed by atoms with E-state index in [9.17, 15) is 4.79 Å². The molecule has 1 aliphatic carbocycles. The Labute approximate surface area is 181 Å². The number of nitrogens with one attached hydrogen (secondary N) is 2. The summed E-state index contributed by atoms with van der Waals surface area (Å²) in [6, 6.07) is 8.16. The summed E-state index contributed by atoms with van der Waals surface area (Å²) in [5, 5.41) is 6.70. The lowest BCUT2D eigenvalue weighted by atomic mass is 9.63. The molecule has 1 amide bonds. The largest absolute Gasteiger partial charge is 0.493 e. The first-order valence-electron chi connectivity index (χ1n) is 10.7. The predicted molar refractivity (Wildman–Crippen MR) is 119 cm³/mol. The van der Waals surface area contributed by atoms with Crippen LogP contribution < -0.4 is 15.4 Å². The SMILES string of the molecule is COCC1(CNC(=O)C2(c3ccc(OCC(C)C)cc3)CCC2)CCNCC1.Cl. The summed E-state index contributed by atoms with van der Waals surface area (Å²) in [4.78, 5) is 13.2. The zero-order chi connectivity index (χ0) is 20.0. The molecule has 2 N–H and O–H groups in total. The number of halogens is 1. The lowest BCUT2D eigenvalue weighted by molar-refractivity contribution is -0.130. The van der Waals surface area contributed by atoms with Gasteiger partial charge in [0.1, 0.15) is 5.75 Å². The molecule has 2 aliphatic rings. The summed E-state index contributed by atoms with van der Waals surface area (Å²) in [5.41, 5.74) is 0.784. The molecular weight excluding hydrogens is 388 g/mol. The van der Waals surface area contributed by atoms with Crippen LogP contribution in [0.1, 0.15) is 51.5 Å². The number of hydrogen-bond donors (Lipinski definition) is 2. The van der Waals surface area contributed by atoms with E-state index in [1.165, 1.54) is 0 Å². The third-order valence-corrected chi connectivity index (χ3v) is 6.37. The molecule has 1 aromatic rings. The molecule has 1 aliphatic heterocycles. The molecule has 0 radical (unpaired) electrons. The van der Waals surface area contributed by atoms with E-state index in [1.807, 2.05) is 12.1 Å². The maximum absolute atomic E-state index is 13.2. The highest BCUT2D eigenvalue weighted by Crippen LogP contribution is 2.44. The van der Waals surface area contributed by atoms with Crippen molar-refractivity contribution in [3.8, 4) is 5.75 Å². The van der Waals surface area contributed by atoms with Crippen LogP contribution in [-0.2, 0) is 14.9 Å². The maximum Gasteiger partial charge on any atom is 0.230 e. The normalized spacial score (nSPS) is 19.7. The van der Waals surface area contributed by atoms with Crippen molar-refractivity contribution in [2.45, 2.75) is 51.4 Å². The fraction of sp³-hybridized carbons (Fsp3) is 0.696. The highest BCUT2D eigenvalue weighted by atomic mass is 35.5. The Balaban J connectivity index is 0.00000300. The summed E-state index contributed by atoms with van der Waals surface area (Å²) in [7, 11) is 1.75. The van der Waals surface area contributed by atoms with Crippen LogP contribution in [-0.4, -0.2) is 45.9 Å². The second-order valence-electron chi connectivity index (χ2n) is 9.03. The molecule has 6 heteroatoms. The number of carbonyl (C=O) groups is 1. The number of amides is 1. The fourth-order valence-electron chi connectivity index (χ4n) is 4.38. The Morgan fingerprint density at radius 2 is 1.79 bits per heavy atom. The van der Waals surface area contributed by atoms with Crippen molar-refractivity contribution >= 4 is 18.3 Å². The van der Waals surface area contributed by atoms with E-state index in [0.29, 0.717) is 25.7 Å². The van der Waals surface area contributed by atoms with Crippen molar-refractivity contribution in [1.82, 2.24) is 10.6 Å². The molecule has 164 valence electrons. The van der Waals surface area contributed by atoms with Crippen molar-refractivity contribution in [3.05, 3.63) is 29.8 Å². The van der Waals surface area contributed by atoms with Crippen LogP contribution in [0.4, 0.5) is 0 Å². The molecule has 0 unspecified atom stereocenters. The molecule has 1 saturated heterocycles. The highest BCUT2D eigenvalue weighted by Gasteiger charge is 2.46. The monoisotopic (exact) mass is 424 g/mol. The molecule has 5 nitrogen and oxygen atoms in total. The van der Waals surface area contributed by atoms with Gasteiger partial charge in [-0.05, 0) is 62.4 Å². The summed E-state index contributed by atoms with van der Waals surface area (Å²) in [5.74, 6) is 1.54. The zero-order valence-electron chi connectivity index (χ0n) is 18.1. The third kappa shape index (κ3) is 5.65. The predicted octanol–water partition coefficient (Wildman–Crippen LogP) is 3.70. The molecule has 2 fully saturated rings. The first-order valence-corrected chi connectivity index (χ1v) is 10.7. The second-order valence-corrected chi connectivity index (χ2v) is 9.03. The molecule has 0 spiro atoms. The van der Waals surface area contributed by atoms with Crippen molar-refractivity contribution in [2.24, 2.45) is 11.3 Å². The Morgan fingerprint density at radius 3 is 2.31 bits per heavy atom. The molecule has 29 heavy (non-hydrogen) atoms. The van der Waals surface area contributed by atoms with Gasteiger partial charge in [0.25, 0.3) is 0 Å². The van der Waals surface area contributed by atoms with Gasteiger partial charge in [-0.1, -0.05) is 32.4 Å². The molecule has 1 aromatic carbocycles. The van der Waals surface area contributed by atoms with E-state index < -0.39 is 0 Å². The van der Waals surface area contributed by atoms with Crippen LogP contribution >= 0.6 is 12.4 Å². The van der Waals surface area contributed by atoms with Crippen molar-refractivity contribution < 1.29 is 14.3 Å². The molecule has 3 rings (SSSR count). The summed E-state index contributed by atoms with van der Waals surface area (Å²) < 4.78 is 11.3. The molecule has 0 bridgehead atoms. The van der Waals surface area contributed by atoms with Crippen molar-refractivity contribution in [3.63, 3.8) is 0 Å². The Hall–Kier alpha value is -1.30. The van der Waals surface area contributed by atoms with Gasteiger partial charge in [-0.3, -0.25) is 4.79 Å². The third-order valence-electron chi connectivity index (χ3n) is 6.37. The lowest BCUT2D eigenvalue weighted by Crippen LogP contribution is -2.53. The van der Waals surface area contributed by atoms with Crippen molar-refractivity contribution in [1.29, 1.82) is 0 Å². The molecular formula is C23H37ClN2O3. The van der Waals surface area contributed by atoms with Gasteiger partial charge in [-0.2, -0.15) is 0 Å². The van der Waals surface area contributed by atoms with Gasteiger partial charge in [0.2, 0.25) is 5.91 Å². The Kier molecular flexibility index (Phi) is 8.80. The van der Waals surface area contributed by atoms with Crippen LogP contribution in [0, 0.1) is 11.3 Å². The molecule has 1 heterocycles. The fourth-order valence-corrected chi connectivity index (χ4v) is 4.38. The number of hydrogen-bond acceptors (Lipinski definition) is 4. The zero-order valence-corrected chi connectivity index (χ0v) is 18.9. The van der Waals surface area contributed by atoms with Gasteiger partial charge in [0.05, 0.1) is 18.6 Å². The van der Waals surface area contributed by atoms with E-state index >= 15 is 0 Å². The first-order chi connectivity index (χ1) is 13.5. The van der Waals surface area contributed by atoms with E-state index in [2.05, 4.69) is 36.6 Å². The highest BCUT2D eigenvalue weighted by molar-refractivity contribution is 5.89. The average molecular weight is 425 g/mol. The number of rotatable bonds is 9. The van der Waals surface area contributed by atoms with Gasteiger partial charge in [0, 0.05) is 19.1 Å². The van der Waals surface area contributed by atoms with Crippen LogP contribution in [0.2, 0.25) is 0 Å². The topological polar surface area (TPSA) is 59.6 Å². The van der Waals surface area contributed by atoms with Crippen LogP contribution in [0.5, 0.6) is 5.75 Å². The molecule has 0 atom stereocenters. The van der Waals surface area contributed by atoms with E-state index in [0.717, 1.165) is 56.5 Å². The summed E-state index contributed by atoms with van der Waals surface area (Å²) in [6.45, 7) is 8.36. The van der Waals surface area contributed by atoms with E-state index in [1.54, 1.807) is 7.11 Å². The van der Waals surface area contributed by atoms with Gasteiger partial charge in [-0.15, -0.1) is 12.4 Å². The molecule has 0 aromatic heterocycles. The maximum atomic E-state index is 13.2. The van der Waals surface area contributed by atoms with Gasteiger partial charge < -0.3 is 20.1 Å². The van der Waals surface area contributed by atoms with Crippen LogP contribution in [0.25, 0.3) is 0 Å². The van der Waals surface area contributed by atoms with Gasteiger partial charge in [-0.25, -0.2) is 0 Å². The number of ether oxygens (including phenoxy) is 2. The minimum absolute atomic E-state index is 0. The van der Waals surface area contributed by atoms with E-state index in [4.69, 9.17) is 9.47 Å².